The van der Waals surface area contributed by atoms with E-state index in [0.717, 1.165) is 14.7 Å². The van der Waals surface area contributed by atoms with Crippen LogP contribution in [-0.2, 0) is 0 Å². The molecular formula is C15H10I2O. The lowest BCUT2D eigenvalue weighted by Crippen LogP contribution is -1.93. The van der Waals surface area contributed by atoms with Crippen molar-refractivity contribution in [1.82, 2.24) is 0 Å². The van der Waals surface area contributed by atoms with Crippen molar-refractivity contribution in [1.29, 1.82) is 0 Å². The van der Waals surface area contributed by atoms with Crippen LogP contribution in [0.5, 0.6) is 0 Å². The Balaban J connectivity index is 2.11. The van der Waals surface area contributed by atoms with Crippen LogP contribution in [0, 0.1) is 7.14 Å². The van der Waals surface area contributed by atoms with Crippen LogP contribution in [-0.4, -0.2) is 5.78 Å². The summed E-state index contributed by atoms with van der Waals surface area (Å²) in [4.78, 5) is 11.9. The monoisotopic (exact) mass is 460 g/mol. The fourth-order valence-corrected chi connectivity index (χ4v) is 2.18. The minimum atomic E-state index is 0.0324. The lowest BCUT2D eigenvalue weighted by atomic mass is 10.1. The first-order valence-electron chi connectivity index (χ1n) is 5.39. The normalized spacial score (nSPS) is 10.8. The molecule has 0 amide bonds. The first-order valence-corrected chi connectivity index (χ1v) is 7.54. The van der Waals surface area contributed by atoms with Gasteiger partial charge >= 0.3 is 0 Å². The van der Waals surface area contributed by atoms with Crippen LogP contribution in [0.1, 0.15) is 15.9 Å². The molecule has 0 saturated carbocycles. The maximum absolute atomic E-state index is 11.9. The molecule has 0 heterocycles. The number of benzene rings is 2. The molecule has 18 heavy (non-hydrogen) atoms. The molecule has 2 aromatic rings. The van der Waals surface area contributed by atoms with Gasteiger partial charge in [0, 0.05) is 12.7 Å². The Morgan fingerprint density at radius 3 is 1.89 bits per heavy atom. The second-order valence-corrected chi connectivity index (χ2v) is 6.25. The molecule has 0 aliphatic rings. The standard InChI is InChI=1S/C15H10I2O/c16-13-6-1-11(2-7-13)3-10-15(18)12-4-8-14(17)9-5-12/h1-10H/b10-3+. The van der Waals surface area contributed by atoms with E-state index in [1.807, 2.05) is 54.6 Å². The third-order valence-corrected chi connectivity index (χ3v) is 3.86. The first-order chi connectivity index (χ1) is 8.65. The predicted octanol–water partition coefficient (Wildman–Crippen LogP) is 4.79. The molecule has 0 atom stereocenters. The number of carbonyl (C=O) groups is 1. The van der Waals surface area contributed by atoms with Gasteiger partial charge in [0.15, 0.2) is 5.78 Å². The van der Waals surface area contributed by atoms with Crippen molar-refractivity contribution in [2.24, 2.45) is 0 Å². The van der Waals surface area contributed by atoms with E-state index in [1.165, 1.54) is 3.57 Å². The largest absolute Gasteiger partial charge is 0.289 e. The van der Waals surface area contributed by atoms with Crippen LogP contribution >= 0.6 is 45.2 Å². The zero-order valence-corrected chi connectivity index (χ0v) is 13.8. The highest BCUT2D eigenvalue weighted by Crippen LogP contribution is 2.11. The van der Waals surface area contributed by atoms with E-state index >= 15 is 0 Å². The topological polar surface area (TPSA) is 17.1 Å². The molecule has 0 saturated heterocycles. The number of halogens is 2. The summed E-state index contributed by atoms with van der Waals surface area (Å²) in [7, 11) is 0. The summed E-state index contributed by atoms with van der Waals surface area (Å²) in [5.74, 6) is 0.0324. The first kappa shape index (κ1) is 13.7. The summed E-state index contributed by atoms with van der Waals surface area (Å²) in [6.07, 6.45) is 3.46. The maximum atomic E-state index is 11.9. The van der Waals surface area contributed by atoms with Gasteiger partial charge in [0.1, 0.15) is 0 Å². The van der Waals surface area contributed by atoms with Crippen LogP contribution < -0.4 is 0 Å². The second kappa shape index (κ2) is 6.47. The van der Waals surface area contributed by atoms with E-state index in [9.17, 15) is 4.79 Å². The van der Waals surface area contributed by atoms with Crippen molar-refractivity contribution in [3.63, 3.8) is 0 Å². The van der Waals surface area contributed by atoms with Gasteiger partial charge in [-0.3, -0.25) is 4.79 Å². The summed E-state index contributed by atoms with van der Waals surface area (Å²) in [5, 5.41) is 0. The van der Waals surface area contributed by atoms with E-state index in [4.69, 9.17) is 0 Å². The van der Waals surface area contributed by atoms with Crippen molar-refractivity contribution < 1.29 is 4.79 Å². The summed E-state index contributed by atoms with van der Waals surface area (Å²) < 4.78 is 2.32. The van der Waals surface area contributed by atoms with E-state index in [-0.39, 0.29) is 5.78 Å². The van der Waals surface area contributed by atoms with E-state index in [2.05, 4.69) is 45.2 Å². The quantitative estimate of drug-likeness (QED) is 0.366. The molecule has 2 aromatic carbocycles. The summed E-state index contributed by atoms with van der Waals surface area (Å²) >= 11 is 4.48. The lowest BCUT2D eigenvalue weighted by Gasteiger charge is -1.96. The van der Waals surface area contributed by atoms with Crippen LogP contribution in [0.4, 0.5) is 0 Å². The molecule has 0 aliphatic heterocycles. The van der Waals surface area contributed by atoms with Gasteiger partial charge in [-0.1, -0.05) is 30.3 Å². The second-order valence-electron chi connectivity index (χ2n) is 3.76. The highest BCUT2D eigenvalue weighted by Gasteiger charge is 2.00. The SMILES string of the molecule is O=C(/C=C/c1ccc(I)cc1)c1ccc(I)cc1. The minimum Gasteiger partial charge on any atom is -0.289 e. The van der Waals surface area contributed by atoms with Gasteiger partial charge in [0.25, 0.3) is 0 Å². The molecule has 0 unspecified atom stereocenters. The molecule has 0 bridgehead atoms. The number of hydrogen-bond acceptors (Lipinski definition) is 1. The molecule has 0 radical (unpaired) electrons. The molecule has 0 aliphatic carbocycles. The lowest BCUT2D eigenvalue weighted by molar-refractivity contribution is 0.104. The van der Waals surface area contributed by atoms with Crippen molar-refractivity contribution in [3.8, 4) is 0 Å². The number of hydrogen-bond donors (Lipinski definition) is 0. The minimum absolute atomic E-state index is 0.0324. The van der Waals surface area contributed by atoms with Gasteiger partial charge in [0.05, 0.1) is 0 Å². The van der Waals surface area contributed by atoms with Crippen molar-refractivity contribution in [3.05, 3.63) is 72.9 Å². The van der Waals surface area contributed by atoms with E-state index in [1.54, 1.807) is 6.08 Å². The molecule has 1 nitrogen and oxygen atoms in total. The van der Waals surface area contributed by atoms with Crippen LogP contribution in [0.2, 0.25) is 0 Å². The molecular weight excluding hydrogens is 450 g/mol. The Labute approximate surface area is 134 Å². The average molecular weight is 460 g/mol. The molecule has 0 N–H and O–H groups in total. The Morgan fingerprint density at radius 1 is 0.833 bits per heavy atom. The number of ketones is 1. The Bertz CT molecular complexity index is 568. The van der Waals surface area contributed by atoms with E-state index in [0.29, 0.717) is 0 Å². The van der Waals surface area contributed by atoms with Gasteiger partial charge in [-0.05, 0) is 81.1 Å². The van der Waals surface area contributed by atoms with Gasteiger partial charge in [-0.2, -0.15) is 0 Å². The number of allylic oxidation sites excluding steroid dienone is 1. The predicted molar refractivity (Wildman–Crippen MR) is 91.7 cm³/mol. The zero-order valence-electron chi connectivity index (χ0n) is 9.44. The van der Waals surface area contributed by atoms with Crippen molar-refractivity contribution in [2.45, 2.75) is 0 Å². The average Bonchev–Trinajstić information content (AvgIpc) is 2.38. The summed E-state index contributed by atoms with van der Waals surface area (Å²) in [6, 6.07) is 15.6. The fraction of sp³-hybridized carbons (Fsp3) is 0. The van der Waals surface area contributed by atoms with Crippen LogP contribution in [0.3, 0.4) is 0 Å². The number of rotatable bonds is 3. The Morgan fingerprint density at radius 2 is 1.33 bits per heavy atom. The highest BCUT2D eigenvalue weighted by molar-refractivity contribution is 14.1. The van der Waals surface area contributed by atoms with Crippen molar-refractivity contribution in [2.75, 3.05) is 0 Å². The Kier molecular flexibility index (Phi) is 4.94. The smallest absolute Gasteiger partial charge is 0.185 e. The van der Waals surface area contributed by atoms with Gasteiger partial charge in [0.2, 0.25) is 0 Å². The van der Waals surface area contributed by atoms with Crippen molar-refractivity contribution >= 4 is 57.0 Å². The highest BCUT2D eigenvalue weighted by atomic mass is 127. The molecule has 2 rings (SSSR count). The molecule has 90 valence electrons. The number of carbonyl (C=O) groups excluding carboxylic acids is 1. The maximum Gasteiger partial charge on any atom is 0.185 e. The van der Waals surface area contributed by atoms with Gasteiger partial charge < -0.3 is 0 Å². The Hall–Kier alpha value is -0.690. The molecule has 0 aromatic heterocycles. The van der Waals surface area contributed by atoms with Gasteiger partial charge in [-0.15, -0.1) is 0 Å². The summed E-state index contributed by atoms with van der Waals surface area (Å²) in [6.45, 7) is 0. The molecule has 0 spiro atoms. The third kappa shape index (κ3) is 3.91. The van der Waals surface area contributed by atoms with Crippen LogP contribution in [0.15, 0.2) is 54.6 Å². The van der Waals surface area contributed by atoms with Crippen LogP contribution in [0.25, 0.3) is 6.08 Å². The van der Waals surface area contributed by atoms with E-state index < -0.39 is 0 Å². The zero-order chi connectivity index (χ0) is 13.0. The molecule has 0 fully saturated rings. The summed E-state index contributed by atoms with van der Waals surface area (Å²) in [5.41, 5.74) is 1.76. The third-order valence-electron chi connectivity index (χ3n) is 2.43. The fourth-order valence-electron chi connectivity index (χ4n) is 1.46. The molecule has 3 heteroatoms. The van der Waals surface area contributed by atoms with Gasteiger partial charge in [-0.25, -0.2) is 0 Å².